The monoisotopic (exact) mass is 216 g/mol. The molecule has 0 aromatic heterocycles. The summed E-state index contributed by atoms with van der Waals surface area (Å²) in [5.41, 5.74) is 5.19. The Labute approximate surface area is 61.9 Å². The molecule has 46 valence electrons. The van der Waals surface area contributed by atoms with E-state index in [4.69, 9.17) is 5.73 Å². The fourth-order valence-corrected chi connectivity index (χ4v) is 0.322. The number of quaternary nitrogens is 1. The fraction of sp³-hybridized carbons (Fsp3) is 1.00. The number of nitrogens with two attached hydrogens (primary N) is 2. The molecule has 0 spiro atoms. The van der Waals surface area contributed by atoms with Gasteiger partial charge in [0.1, 0.15) is 0 Å². The predicted octanol–water partition coefficient (Wildman–Crippen LogP) is -4.47. The molecule has 0 saturated carbocycles. The van der Waals surface area contributed by atoms with Gasteiger partial charge in [0.05, 0.1) is 13.6 Å². The Bertz CT molecular complexity index is 21.7. The Morgan fingerprint density at radius 1 is 1.57 bits per heavy atom. The van der Waals surface area contributed by atoms with Gasteiger partial charge in [0.25, 0.3) is 0 Å². The molecule has 7 heavy (non-hydrogen) atoms. The zero-order valence-corrected chi connectivity index (χ0v) is 6.81. The molecule has 0 unspecified atom stereocenters. The molecule has 0 aromatic carbocycles. The zero-order valence-electron chi connectivity index (χ0n) is 4.65. The van der Waals surface area contributed by atoms with E-state index in [0.29, 0.717) is 0 Å². The smallest absolute Gasteiger partial charge is 0.0765 e. The summed E-state index contributed by atoms with van der Waals surface area (Å²) >= 11 is 0. The van der Waals surface area contributed by atoms with Gasteiger partial charge in [0.15, 0.2) is 0 Å². The van der Waals surface area contributed by atoms with Crippen LogP contribution in [0.3, 0.4) is 0 Å². The molecule has 0 rings (SSSR count). The van der Waals surface area contributed by atoms with Crippen molar-refractivity contribution in [2.45, 2.75) is 6.42 Å². The second-order valence-electron chi connectivity index (χ2n) is 1.34. The third kappa shape index (κ3) is 10.8. The molecule has 2 nitrogen and oxygen atoms in total. The van der Waals surface area contributed by atoms with Crippen molar-refractivity contribution in [1.29, 1.82) is 0 Å². The van der Waals surface area contributed by atoms with Gasteiger partial charge in [-0.25, -0.2) is 0 Å². The molecule has 0 amide bonds. The molecule has 0 bridgehead atoms. The summed E-state index contributed by atoms with van der Waals surface area (Å²) in [5.74, 6) is 0. The lowest BCUT2D eigenvalue weighted by Gasteiger charge is -1.87. The molecule has 0 aliphatic heterocycles. The van der Waals surface area contributed by atoms with Gasteiger partial charge in [-0.1, -0.05) is 0 Å². The lowest BCUT2D eigenvalue weighted by Crippen LogP contribution is -3.00. The third-order valence-corrected chi connectivity index (χ3v) is 0.697. The molecule has 3 heteroatoms. The van der Waals surface area contributed by atoms with Crippen LogP contribution < -0.4 is 35.0 Å². The first kappa shape index (κ1) is 10.6. The number of hydrogen-bond acceptors (Lipinski definition) is 1. The Kier molecular flexibility index (Phi) is 14.9. The van der Waals surface area contributed by atoms with E-state index in [1.54, 1.807) is 0 Å². The molecule has 0 aliphatic carbocycles. The molecular formula is C4H13IN2. The SMILES string of the molecule is C[NH2+]CCCN.[I-]. The van der Waals surface area contributed by atoms with Crippen molar-refractivity contribution in [3.63, 3.8) is 0 Å². The highest BCUT2D eigenvalue weighted by molar-refractivity contribution is 4.28. The highest BCUT2D eigenvalue weighted by atomic mass is 127. The van der Waals surface area contributed by atoms with Gasteiger partial charge in [0.2, 0.25) is 0 Å². The predicted molar refractivity (Wildman–Crippen MR) is 26.4 cm³/mol. The van der Waals surface area contributed by atoms with Crippen LogP contribution in [0.25, 0.3) is 0 Å². The van der Waals surface area contributed by atoms with Crippen LogP contribution in [0.5, 0.6) is 0 Å². The lowest BCUT2D eigenvalue weighted by molar-refractivity contribution is -0.626. The minimum absolute atomic E-state index is 0. The van der Waals surface area contributed by atoms with Gasteiger partial charge < -0.3 is 35.0 Å². The highest BCUT2D eigenvalue weighted by Crippen LogP contribution is 1.57. The van der Waals surface area contributed by atoms with E-state index in [9.17, 15) is 0 Å². The van der Waals surface area contributed by atoms with E-state index in [1.165, 1.54) is 0 Å². The topological polar surface area (TPSA) is 42.6 Å². The van der Waals surface area contributed by atoms with E-state index < -0.39 is 0 Å². The molecule has 0 heterocycles. The van der Waals surface area contributed by atoms with Crippen molar-refractivity contribution < 1.29 is 29.3 Å². The van der Waals surface area contributed by atoms with Crippen molar-refractivity contribution in [2.24, 2.45) is 5.73 Å². The van der Waals surface area contributed by atoms with Crippen LogP contribution in [0.2, 0.25) is 0 Å². The van der Waals surface area contributed by atoms with Crippen LogP contribution in [-0.2, 0) is 0 Å². The molecule has 0 aromatic rings. The lowest BCUT2D eigenvalue weighted by atomic mass is 10.4. The van der Waals surface area contributed by atoms with Crippen LogP contribution in [0.15, 0.2) is 0 Å². The Morgan fingerprint density at radius 3 is 2.29 bits per heavy atom. The second kappa shape index (κ2) is 9.82. The van der Waals surface area contributed by atoms with Crippen LogP contribution in [0, 0.1) is 0 Å². The van der Waals surface area contributed by atoms with Gasteiger partial charge in [0, 0.05) is 6.42 Å². The summed E-state index contributed by atoms with van der Waals surface area (Å²) in [6, 6.07) is 0. The van der Waals surface area contributed by atoms with Gasteiger partial charge in [-0.2, -0.15) is 0 Å². The van der Waals surface area contributed by atoms with Crippen molar-refractivity contribution >= 4 is 0 Å². The Balaban J connectivity index is 0. The average molecular weight is 216 g/mol. The molecule has 0 fully saturated rings. The highest BCUT2D eigenvalue weighted by Gasteiger charge is 1.76. The van der Waals surface area contributed by atoms with Gasteiger partial charge in [-0.3, -0.25) is 0 Å². The Hall–Kier alpha value is 0.650. The van der Waals surface area contributed by atoms with E-state index in [2.05, 4.69) is 12.4 Å². The Morgan fingerprint density at radius 2 is 2.14 bits per heavy atom. The minimum atomic E-state index is 0. The molecule has 0 aliphatic rings. The van der Waals surface area contributed by atoms with Crippen LogP contribution >= 0.6 is 0 Å². The first-order valence-electron chi connectivity index (χ1n) is 2.39. The van der Waals surface area contributed by atoms with E-state index in [1.807, 2.05) is 0 Å². The van der Waals surface area contributed by atoms with Crippen molar-refractivity contribution in [3.8, 4) is 0 Å². The zero-order chi connectivity index (χ0) is 4.83. The quantitative estimate of drug-likeness (QED) is 0.362. The molecule has 0 atom stereocenters. The maximum Gasteiger partial charge on any atom is 0.0765 e. The molecular weight excluding hydrogens is 203 g/mol. The largest absolute Gasteiger partial charge is 1.00 e. The maximum atomic E-state index is 5.19. The van der Waals surface area contributed by atoms with Gasteiger partial charge >= 0.3 is 0 Å². The summed E-state index contributed by atoms with van der Waals surface area (Å²) in [6.45, 7) is 1.99. The van der Waals surface area contributed by atoms with Crippen LogP contribution in [0.1, 0.15) is 6.42 Å². The summed E-state index contributed by atoms with van der Waals surface area (Å²) in [7, 11) is 2.05. The van der Waals surface area contributed by atoms with Crippen LogP contribution in [-0.4, -0.2) is 20.1 Å². The molecule has 4 N–H and O–H groups in total. The van der Waals surface area contributed by atoms with E-state index in [-0.39, 0.29) is 24.0 Å². The summed E-state index contributed by atoms with van der Waals surface area (Å²) in [4.78, 5) is 0. The standard InChI is InChI=1S/C4H12N2.HI/c1-6-4-2-3-5;/h6H,2-5H2,1H3;1H. The van der Waals surface area contributed by atoms with Crippen molar-refractivity contribution in [3.05, 3.63) is 0 Å². The first-order chi connectivity index (χ1) is 2.91. The molecule has 0 radical (unpaired) electrons. The van der Waals surface area contributed by atoms with Crippen molar-refractivity contribution in [2.75, 3.05) is 20.1 Å². The third-order valence-electron chi connectivity index (χ3n) is 0.697. The van der Waals surface area contributed by atoms with Crippen molar-refractivity contribution in [1.82, 2.24) is 0 Å². The summed E-state index contributed by atoms with van der Waals surface area (Å²) < 4.78 is 0. The minimum Gasteiger partial charge on any atom is -1.00 e. The van der Waals surface area contributed by atoms with Gasteiger partial charge in [-0.05, 0) is 6.54 Å². The van der Waals surface area contributed by atoms with E-state index >= 15 is 0 Å². The van der Waals surface area contributed by atoms with E-state index in [0.717, 1.165) is 19.5 Å². The van der Waals surface area contributed by atoms with Gasteiger partial charge in [-0.15, -0.1) is 0 Å². The maximum absolute atomic E-state index is 5.19. The number of hydrogen-bond donors (Lipinski definition) is 2. The van der Waals surface area contributed by atoms with Crippen LogP contribution in [0.4, 0.5) is 0 Å². The first-order valence-corrected chi connectivity index (χ1v) is 2.39. The number of rotatable bonds is 3. The summed E-state index contributed by atoms with van der Waals surface area (Å²) in [6.07, 6.45) is 1.14. The second-order valence-corrected chi connectivity index (χ2v) is 1.34. The fourth-order valence-electron chi connectivity index (χ4n) is 0.322. The average Bonchev–Trinajstić information content (AvgIpc) is 1.61. The normalized spacial score (nSPS) is 7.71. The molecule has 0 saturated heterocycles. The number of halogens is 1. The summed E-state index contributed by atoms with van der Waals surface area (Å²) in [5, 5.41) is 2.13.